The Morgan fingerprint density at radius 1 is 1.03 bits per heavy atom. The largest absolute Gasteiger partial charge is 0.544 e. The van der Waals surface area contributed by atoms with E-state index >= 15 is 0 Å². The van der Waals surface area contributed by atoms with Gasteiger partial charge in [0.1, 0.15) is 6.07 Å². The van der Waals surface area contributed by atoms with Crippen LogP contribution < -0.4 is 5.11 Å². The first-order valence-corrected chi connectivity index (χ1v) is 8.98. The Bertz CT molecular complexity index is 1340. The van der Waals surface area contributed by atoms with Crippen LogP contribution in [0.25, 0.3) is 17.0 Å². The summed E-state index contributed by atoms with van der Waals surface area (Å²) >= 11 is 0. The number of aliphatic carboxylic acids is 1. The monoisotopic (exact) mass is 462 g/mol. The molecule has 0 amide bonds. The number of hydrogen-bond donors (Lipinski definition) is 0. The maximum absolute atomic E-state index is 13.2. The van der Waals surface area contributed by atoms with Crippen molar-refractivity contribution in [2.45, 2.75) is 18.9 Å². The Kier molecular flexibility index (Phi) is 5.93. The Balaban J connectivity index is 2.24. The number of nitrogens with zero attached hydrogens (tertiary/aromatic N) is 3. The number of benzene rings is 2. The van der Waals surface area contributed by atoms with Gasteiger partial charge in [0.05, 0.1) is 39.8 Å². The van der Waals surface area contributed by atoms with Crippen LogP contribution in [0.4, 0.5) is 26.3 Å². The topological polar surface area (TPSA) is 92.6 Å². The van der Waals surface area contributed by atoms with Crippen LogP contribution in [-0.4, -0.2) is 10.5 Å². The standard InChI is InChI=1S/C22H11F6N3O2/c23-21(24,25)16-4-12(5-17(7-16)22(26,27)28)10-31-11-15(6-14(9-30)20(32)33)19-13(8-29)2-1-3-18(19)31/h1-7,11H,10H2,(H,32,33)/p-1/b14-6+. The lowest BCUT2D eigenvalue weighted by molar-refractivity contribution is -0.298. The lowest BCUT2D eigenvalue weighted by Crippen LogP contribution is -2.23. The highest BCUT2D eigenvalue weighted by Crippen LogP contribution is 2.37. The molecule has 33 heavy (non-hydrogen) atoms. The van der Waals surface area contributed by atoms with Crippen LogP contribution in [0.15, 0.2) is 48.2 Å². The second kappa shape index (κ2) is 8.36. The van der Waals surface area contributed by atoms with E-state index in [1.54, 1.807) is 0 Å². The van der Waals surface area contributed by atoms with E-state index in [9.17, 15) is 41.5 Å². The van der Waals surface area contributed by atoms with Crippen molar-refractivity contribution in [1.29, 1.82) is 10.5 Å². The molecule has 0 aliphatic heterocycles. The Morgan fingerprint density at radius 3 is 2.12 bits per heavy atom. The van der Waals surface area contributed by atoms with Crippen LogP contribution in [0.1, 0.15) is 27.8 Å². The van der Waals surface area contributed by atoms with Gasteiger partial charge in [-0.3, -0.25) is 0 Å². The normalized spacial score (nSPS) is 12.4. The third-order valence-electron chi connectivity index (χ3n) is 4.70. The number of hydrogen-bond acceptors (Lipinski definition) is 4. The van der Waals surface area contributed by atoms with E-state index in [1.807, 2.05) is 6.07 Å². The van der Waals surface area contributed by atoms with Crippen molar-refractivity contribution in [2.24, 2.45) is 0 Å². The zero-order valence-electron chi connectivity index (χ0n) is 16.3. The van der Waals surface area contributed by atoms with Gasteiger partial charge in [-0.15, -0.1) is 0 Å². The summed E-state index contributed by atoms with van der Waals surface area (Å²) in [7, 11) is 0. The fourth-order valence-electron chi connectivity index (χ4n) is 3.32. The fourth-order valence-corrected chi connectivity index (χ4v) is 3.32. The molecule has 0 spiro atoms. The second-order valence-corrected chi connectivity index (χ2v) is 6.90. The van der Waals surface area contributed by atoms with Crippen molar-refractivity contribution in [3.8, 4) is 12.1 Å². The Labute approximate surface area is 182 Å². The summed E-state index contributed by atoms with van der Waals surface area (Å²) in [6.45, 7) is -0.459. The van der Waals surface area contributed by atoms with E-state index < -0.39 is 41.6 Å². The van der Waals surface area contributed by atoms with Gasteiger partial charge in [0.2, 0.25) is 0 Å². The van der Waals surface area contributed by atoms with Crippen LogP contribution in [0.5, 0.6) is 0 Å². The molecule has 0 saturated heterocycles. The molecular formula is C22H10F6N3O2-. The minimum atomic E-state index is -5.02. The van der Waals surface area contributed by atoms with Crippen molar-refractivity contribution in [2.75, 3.05) is 0 Å². The number of fused-ring (bicyclic) bond motifs is 1. The van der Waals surface area contributed by atoms with E-state index in [-0.39, 0.29) is 33.7 Å². The fraction of sp³-hybridized carbons (Fsp3) is 0.136. The number of rotatable bonds is 4. The highest BCUT2D eigenvalue weighted by molar-refractivity contribution is 6.01. The summed E-state index contributed by atoms with van der Waals surface area (Å²) in [6, 6.07) is 8.75. The van der Waals surface area contributed by atoms with Crippen LogP contribution in [0.2, 0.25) is 0 Å². The van der Waals surface area contributed by atoms with Gasteiger partial charge in [-0.2, -0.15) is 36.9 Å². The molecule has 0 bridgehead atoms. The summed E-state index contributed by atoms with van der Waals surface area (Å²) in [5.74, 6) is -1.79. The first kappa shape index (κ1) is 23.4. The van der Waals surface area contributed by atoms with Crippen LogP contribution >= 0.6 is 0 Å². The lowest BCUT2D eigenvalue weighted by Gasteiger charge is -2.15. The molecule has 1 aromatic heterocycles. The van der Waals surface area contributed by atoms with Crippen molar-refractivity contribution in [3.63, 3.8) is 0 Å². The van der Waals surface area contributed by atoms with E-state index in [4.69, 9.17) is 5.26 Å². The van der Waals surface area contributed by atoms with Gasteiger partial charge < -0.3 is 14.5 Å². The molecule has 0 fully saturated rings. The van der Waals surface area contributed by atoms with Crippen molar-refractivity contribution >= 4 is 22.9 Å². The number of carboxylic acids is 1. The van der Waals surface area contributed by atoms with Gasteiger partial charge >= 0.3 is 12.4 Å². The van der Waals surface area contributed by atoms with E-state index in [2.05, 4.69) is 0 Å². The number of aromatic nitrogens is 1. The number of carbonyl (C=O) groups excluding carboxylic acids is 1. The molecule has 0 radical (unpaired) electrons. The molecule has 1 heterocycles. The summed E-state index contributed by atoms with van der Waals surface area (Å²) < 4.78 is 80.3. The number of nitriles is 2. The average molecular weight is 462 g/mol. The van der Waals surface area contributed by atoms with Crippen molar-refractivity contribution in [1.82, 2.24) is 4.57 Å². The minimum absolute atomic E-state index is 0.0122. The summed E-state index contributed by atoms with van der Waals surface area (Å²) in [5.41, 5.74) is -3.70. The quantitative estimate of drug-likeness (QED) is 0.329. The molecule has 0 unspecified atom stereocenters. The predicted molar refractivity (Wildman–Crippen MR) is 101 cm³/mol. The maximum atomic E-state index is 13.2. The van der Waals surface area contributed by atoms with Gasteiger partial charge in [0, 0.05) is 23.7 Å². The van der Waals surface area contributed by atoms with Gasteiger partial charge in [-0.05, 0) is 42.0 Å². The van der Waals surface area contributed by atoms with Crippen LogP contribution in [-0.2, 0) is 23.7 Å². The van der Waals surface area contributed by atoms with Gasteiger partial charge in [0.25, 0.3) is 0 Å². The van der Waals surface area contributed by atoms with Crippen molar-refractivity contribution in [3.05, 3.63) is 76.0 Å². The predicted octanol–water partition coefficient (Wildman–Crippen LogP) is 4.26. The van der Waals surface area contributed by atoms with Crippen molar-refractivity contribution < 1.29 is 36.2 Å². The van der Waals surface area contributed by atoms with Crippen LogP contribution in [0.3, 0.4) is 0 Å². The molecule has 2 aromatic carbocycles. The number of carboxylic acid groups (broad SMARTS) is 1. The molecule has 0 aliphatic carbocycles. The first-order valence-electron chi connectivity index (χ1n) is 8.98. The number of alkyl halides is 6. The third kappa shape index (κ3) is 4.83. The summed E-state index contributed by atoms with van der Waals surface area (Å²) in [6.07, 6.45) is -7.89. The number of carbonyl (C=O) groups is 1. The zero-order valence-corrected chi connectivity index (χ0v) is 16.3. The molecule has 0 N–H and O–H groups in total. The molecule has 168 valence electrons. The second-order valence-electron chi connectivity index (χ2n) is 6.90. The highest BCUT2D eigenvalue weighted by Gasteiger charge is 2.36. The van der Waals surface area contributed by atoms with E-state index in [1.165, 1.54) is 35.0 Å². The molecule has 5 nitrogen and oxygen atoms in total. The van der Waals surface area contributed by atoms with E-state index in [0.29, 0.717) is 12.1 Å². The SMILES string of the molecule is N#C/C(=C\c1cn(Cc2cc(C(F)(F)F)cc(C(F)(F)F)c2)c2cccc(C#N)c12)C(=O)[O-]. The van der Waals surface area contributed by atoms with Gasteiger partial charge in [0.15, 0.2) is 0 Å². The van der Waals surface area contributed by atoms with E-state index in [0.717, 1.165) is 6.08 Å². The van der Waals surface area contributed by atoms with Crippen LogP contribution in [0, 0.1) is 22.7 Å². The molecule has 3 rings (SSSR count). The maximum Gasteiger partial charge on any atom is 0.416 e. The Hall–Kier alpha value is -4.25. The Morgan fingerprint density at radius 2 is 1.64 bits per heavy atom. The lowest BCUT2D eigenvalue weighted by atomic mass is 10.0. The minimum Gasteiger partial charge on any atom is -0.544 e. The smallest absolute Gasteiger partial charge is 0.416 e. The highest BCUT2D eigenvalue weighted by atomic mass is 19.4. The summed E-state index contributed by atoms with van der Waals surface area (Å²) in [5, 5.41) is 29.7. The molecule has 0 saturated carbocycles. The molecule has 0 atom stereocenters. The molecule has 11 heteroatoms. The third-order valence-corrected chi connectivity index (χ3v) is 4.70. The summed E-state index contributed by atoms with van der Waals surface area (Å²) in [4.78, 5) is 11.1. The molecular weight excluding hydrogens is 452 g/mol. The number of halogens is 6. The van der Waals surface area contributed by atoms with Gasteiger partial charge in [-0.25, -0.2) is 0 Å². The molecule has 0 aliphatic rings. The van der Waals surface area contributed by atoms with Gasteiger partial charge in [-0.1, -0.05) is 6.07 Å². The average Bonchev–Trinajstić information content (AvgIpc) is 3.07. The molecule has 3 aromatic rings. The first-order chi connectivity index (χ1) is 15.3. The zero-order chi connectivity index (χ0) is 24.6.